The minimum atomic E-state index is -0.102. The van der Waals surface area contributed by atoms with Crippen molar-refractivity contribution in [1.82, 2.24) is 4.90 Å². The van der Waals surface area contributed by atoms with Crippen LogP contribution in [-0.4, -0.2) is 23.0 Å². The predicted octanol–water partition coefficient (Wildman–Crippen LogP) is 2.78. The van der Waals surface area contributed by atoms with Crippen LogP contribution in [0.5, 0.6) is 0 Å². The Morgan fingerprint density at radius 3 is 2.59 bits per heavy atom. The van der Waals surface area contributed by atoms with Crippen LogP contribution in [-0.2, 0) is 6.54 Å². The molecule has 1 fully saturated rings. The Morgan fingerprint density at radius 1 is 1.24 bits per heavy atom. The van der Waals surface area contributed by atoms with Crippen molar-refractivity contribution in [3.05, 3.63) is 35.9 Å². The van der Waals surface area contributed by atoms with E-state index in [1.165, 1.54) is 31.4 Å². The number of likely N-dealkylation sites (tertiary alicyclic amines) is 1. The standard InChI is InChI=1S/C15H24N2/c1-15(2,16)14-10-6-7-11-17(14)12-13-8-4-3-5-9-13/h3-5,8-9,14H,6-7,10-12,16H2,1-2H3. The topological polar surface area (TPSA) is 29.3 Å². The fourth-order valence-electron chi connectivity index (χ4n) is 2.84. The first-order valence-electron chi connectivity index (χ1n) is 6.64. The summed E-state index contributed by atoms with van der Waals surface area (Å²) >= 11 is 0. The van der Waals surface area contributed by atoms with E-state index in [1.807, 2.05) is 0 Å². The van der Waals surface area contributed by atoms with Gasteiger partial charge in [0.05, 0.1) is 0 Å². The zero-order valence-corrected chi connectivity index (χ0v) is 11.0. The van der Waals surface area contributed by atoms with Gasteiger partial charge in [-0.3, -0.25) is 4.90 Å². The maximum absolute atomic E-state index is 6.31. The van der Waals surface area contributed by atoms with Gasteiger partial charge in [0.15, 0.2) is 0 Å². The normalized spacial score (nSPS) is 22.6. The first-order chi connectivity index (χ1) is 8.07. The second-order valence-corrected chi connectivity index (χ2v) is 5.79. The Labute approximate surface area is 105 Å². The summed E-state index contributed by atoms with van der Waals surface area (Å²) in [6.45, 7) is 6.52. The van der Waals surface area contributed by atoms with Crippen LogP contribution in [0.25, 0.3) is 0 Å². The summed E-state index contributed by atoms with van der Waals surface area (Å²) < 4.78 is 0. The van der Waals surface area contributed by atoms with E-state index in [-0.39, 0.29) is 5.54 Å². The molecule has 0 amide bonds. The van der Waals surface area contributed by atoms with Gasteiger partial charge in [0.1, 0.15) is 0 Å². The van der Waals surface area contributed by atoms with Crippen molar-refractivity contribution in [3.8, 4) is 0 Å². The Bertz CT molecular complexity index is 340. The number of nitrogens with zero attached hydrogens (tertiary/aromatic N) is 1. The quantitative estimate of drug-likeness (QED) is 0.868. The Morgan fingerprint density at radius 2 is 1.94 bits per heavy atom. The molecule has 0 spiro atoms. The number of nitrogens with two attached hydrogens (primary N) is 1. The van der Waals surface area contributed by atoms with E-state index >= 15 is 0 Å². The molecule has 1 aromatic carbocycles. The van der Waals surface area contributed by atoms with Gasteiger partial charge < -0.3 is 5.73 Å². The zero-order chi connectivity index (χ0) is 12.3. The van der Waals surface area contributed by atoms with E-state index in [1.54, 1.807) is 0 Å². The average Bonchev–Trinajstić information content (AvgIpc) is 2.30. The average molecular weight is 232 g/mol. The number of hydrogen-bond donors (Lipinski definition) is 1. The maximum atomic E-state index is 6.31. The van der Waals surface area contributed by atoms with Crippen molar-refractivity contribution >= 4 is 0 Å². The van der Waals surface area contributed by atoms with Crippen molar-refractivity contribution in [3.63, 3.8) is 0 Å². The fourth-order valence-corrected chi connectivity index (χ4v) is 2.84. The third-order valence-electron chi connectivity index (χ3n) is 3.70. The lowest BCUT2D eigenvalue weighted by Crippen LogP contribution is -2.56. The molecule has 2 rings (SSSR count). The fraction of sp³-hybridized carbons (Fsp3) is 0.600. The van der Waals surface area contributed by atoms with Crippen molar-refractivity contribution in [1.29, 1.82) is 0 Å². The molecule has 1 aromatic rings. The second kappa shape index (κ2) is 5.19. The van der Waals surface area contributed by atoms with Crippen LogP contribution in [0.3, 0.4) is 0 Å². The minimum Gasteiger partial charge on any atom is -0.324 e. The first-order valence-corrected chi connectivity index (χ1v) is 6.64. The molecule has 17 heavy (non-hydrogen) atoms. The Balaban J connectivity index is 2.07. The minimum absolute atomic E-state index is 0.102. The van der Waals surface area contributed by atoms with Crippen LogP contribution in [0.15, 0.2) is 30.3 Å². The van der Waals surface area contributed by atoms with Crippen LogP contribution in [0.4, 0.5) is 0 Å². The molecule has 1 atom stereocenters. The highest BCUT2D eigenvalue weighted by atomic mass is 15.2. The van der Waals surface area contributed by atoms with Crippen LogP contribution in [0.2, 0.25) is 0 Å². The van der Waals surface area contributed by atoms with E-state index in [0.717, 1.165) is 6.54 Å². The summed E-state index contributed by atoms with van der Waals surface area (Å²) in [7, 11) is 0. The molecule has 2 nitrogen and oxygen atoms in total. The van der Waals surface area contributed by atoms with E-state index in [4.69, 9.17) is 5.73 Å². The molecule has 94 valence electrons. The third-order valence-corrected chi connectivity index (χ3v) is 3.70. The largest absolute Gasteiger partial charge is 0.324 e. The molecule has 0 bridgehead atoms. The highest BCUT2D eigenvalue weighted by Crippen LogP contribution is 2.26. The lowest BCUT2D eigenvalue weighted by atomic mass is 9.87. The highest BCUT2D eigenvalue weighted by Gasteiger charge is 2.32. The molecule has 1 aliphatic rings. The molecule has 0 aromatic heterocycles. The van der Waals surface area contributed by atoms with Crippen molar-refractivity contribution < 1.29 is 0 Å². The van der Waals surface area contributed by atoms with Crippen LogP contribution in [0, 0.1) is 0 Å². The molecule has 2 heteroatoms. The predicted molar refractivity (Wildman–Crippen MR) is 72.8 cm³/mol. The van der Waals surface area contributed by atoms with Crippen LogP contribution >= 0.6 is 0 Å². The third kappa shape index (κ3) is 3.30. The molecule has 1 saturated heterocycles. The van der Waals surface area contributed by atoms with Crippen LogP contribution in [0.1, 0.15) is 38.7 Å². The smallest absolute Gasteiger partial charge is 0.0274 e. The summed E-state index contributed by atoms with van der Waals surface area (Å²) in [5.74, 6) is 0. The van der Waals surface area contributed by atoms with Gasteiger partial charge in [-0.25, -0.2) is 0 Å². The van der Waals surface area contributed by atoms with Crippen molar-refractivity contribution in [2.24, 2.45) is 5.73 Å². The highest BCUT2D eigenvalue weighted by molar-refractivity contribution is 5.15. The van der Waals surface area contributed by atoms with Crippen molar-refractivity contribution in [2.45, 2.75) is 51.2 Å². The van der Waals surface area contributed by atoms with Gasteiger partial charge in [0.2, 0.25) is 0 Å². The van der Waals surface area contributed by atoms with Crippen molar-refractivity contribution in [2.75, 3.05) is 6.54 Å². The molecular formula is C15H24N2. The molecule has 2 N–H and O–H groups in total. The Hall–Kier alpha value is -0.860. The monoisotopic (exact) mass is 232 g/mol. The summed E-state index contributed by atoms with van der Waals surface area (Å²) in [5, 5.41) is 0. The van der Waals surface area contributed by atoms with Crippen LogP contribution < -0.4 is 5.73 Å². The van der Waals surface area contributed by atoms with Gasteiger partial charge >= 0.3 is 0 Å². The molecule has 0 aliphatic carbocycles. The molecule has 1 heterocycles. The lowest BCUT2D eigenvalue weighted by Gasteiger charge is -2.43. The number of piperidine rings is 1. The van der Waals surface area contributed by atoms with Gasteiger partial charge in [-0.15, -0.1) is 0 Å². The number of hydrogen-bond acceptors (Lipinski definition) is 2. The molecule has 0 radical (unpaired) electrons. The van der Waals surface area contributed by atoms with Gasteiger partial charge in [0, 0.05) is 18.1 Å². The van der Waals surface area contributed by atoms with Gasteiger partial charge in [-0.1, -0.05) is 36.8 Å². The number of benzene rings is 1. The number of rotatable bonds is 3. The first kappa shape index (κ1) is 12.6. The van der Waals surface area contributed by atoms with Gasteiger partial charge in [-0.05, 0) is 38.8 Å². The molecule has 1 unspecified atom stereocenters. The summed E-state index contributed by atoms with van der Waals surface area (Å²) in [6, 6.07) is 11.2. The molecular weight excluding hydrogens is 208 g/mol. The molecule has 0 saturated carbocycles. The zero-order valence-electron chi connectivity index (χ0n) is 11.0. The summed E-state index contributed by atoms with van der Waals surface area (Å²) in [4.78, 5) is 2.55. The SMILES string of the molecule is CC(C)(N)C1CCCCN1Cc1ccccc1. The molecule has 1 aliphatic heterocycles. The second-order valence-electron chi connectivity index (χ2n) is 5.79. The van der Waals surface area contributed by atoms with Gasteiger partial charge in [-0.2, -0.15) is 0 Å². The van der Waals surface area contributed by atoms with E-state index in [2.05, 4.69) is 49.1 Å². The van der Waals surface area contributed by atoms with E-state index in [9.17, 15) is 0 Å². The van der Waals surface area contributed by atoms with Gasteiger partial charge in [0.25, 0.3) is 0 Å². The Kier molecular flexibility index (Phi) is 3.85. The maximum Gasteiger partial charge on any atom is 0.0274 e. The summed E-state index contributed by atoms with van der Waals surface area (Å²) in [5.41, 5.74) is 7.60. The van der Waals surface area contributed by atoms with E-state index < -0.39 is 0 Å². The summed E-state index contributed by atoms with van der Waals surface area (Å²) in [6.07, 6.45) is 3.85. The van der Waals surface area contributed by atoms with E-state index in [0.29, 0.717) is 6.04 Å². The lowest BCUT2D eigenvalue weighted by molar-refractivity contribution is 0.0890.